The van der Waals surface area contributed by atoms with Crippen LogP contribution in [0.2, 0.25) is 0 Å². The Bertz CT molecular complexity index is 361. The molecule has 1 rings (SSSR count). The largest absolute Gasteiger partial charge is 0.444 e. The molecule has 5 nitrogen and oxygen atoms in total. The lowest BCUT2D eigenvalue weighted by Crippen LogP contribution is -2.71. The third-order valence-corrected chi connectivity index (χ3v) is 2.37. The maximum atomic E-state index is 12.7. The molecule has 0 bridgehead atoms. The summed E-state index contributed by atoms with van der Waals surface area (Å²) in [4.78, 5) is 0. The van der Waals surface area contributed by atoms with Crippen LogP contribution in [0.15, 0.2) is 5.10 Å². The number of methoxy groups -OCH3 is 2. The molecule has 0 aromatic heterocycles. The van der Waals surface area contributed by atoms with Crippen molar-refractivity contribution in [1.29, 1.82) is 0 Å². The molecule has 0 aliphatic carbocycles. The number of alkyl halides is 6. The van der Waals surface area contributed by atoms with Gasteiger partial charge >= 0.3 is 18.1 Å². The van der Waals surface area contributed by atoms with Gasteiger partial charge in [-0.1, -0.05) is 0 Å². The van der Waals surface area contributed by atoms with E-state index in [-0.39, 0.29) is 0 Å². The molecule has 0 saturated heterocycles. The van der Waals surface area contributed by atoms with Crippen molar-refractivity contribution in [2.75, 3.05) is 14.2 Å². The van der Waals surface area contributed by atoms with Crippen molar-refractivity contribution in [3.63, 3.8) is 0 Å². The Balaban J connectivity index is 3.41. The van der Waals surface area contributed by atoms with Gasteiger partial charge in [-0.15, -0.1) is 0 Å². The van der Waals surface area contributed by atoms with E-state index in [9.17, 15) is 31.4 Å². The molecule has 0 spiro atoms. The second-order valence-electron chi connectivity index (χ2n) is 3.30. The number of hydrazone groups is 1. The summed E-state index contributed by atoms with van der Waals surface area (Å²) in [5, 5.41) is 11.8. The van der Waals surface area contributed by atoms with Gasteiger partial charge in [-0.25, -0.2) is 0 Å². The fourth-order valence-corrected chi connectivity index (χ4v) is 1.53. The number of ether oxygens (including phenoxy) is 2. The molecule has 0 amide bonds. The van der Waals surface area contributed by atoms with Gasteiger partial charge in [-0.2, -0.15) is 31.4 Å². The predicted octanol–water partition coefficient (Wildman–Crippen LogP) is 0.748. The highest BCUT2D eigenvalue weighted by molar-refractivity contribution is 5.98. The Hall–Kier alpha value is -1.07. The summed E-state index contributed by atoms with van der Waals surface area (Å²) in [5.74, 6) is -3.54. The minimum Gasteiger partial charge on any atom is -0.358 e. The Labute approximate surface area is 96.4 Å². The van der Waals surface area contributed by atoms with Gasteiger partial charge in [0.15, 0.2) is 0 Å². The van der Waals surface area contributed by atoms with Gasteiger partial charge in [0.05, 0.1) is 0 Å². The summed E-state index contributed by atoms with van der Waals surface area (Å²) in [6.07, 6.45) is -10.8. The highest BCUT2D eigenvalue weighted by atomic mass is 19.4. The molecule has 0 fully saturated rings. The summed E-state index contributed by atoms with van der Waals surface area (Å²) in [6, 6.07) is 0. The Morgan fingerprint density at radius 2 is 1.56 bits per heavy atom. The zero-order chi connectivity index (χ0) is 14.4. The highest BCUT2D eigenvalue weighted by Gasteiger charge is 2.77. The van der Waals surface area contributed by atoms with Crippen LogP contribution < -0.4 is 5.43 Å². The minimum absolute atomic E-state index is 0.522. The third-order valence-electron chi connectivity index (χ3n) is 2.37. The van der Waals surface area contributed by atoms with Crippen LogP contribution in [-0.4, -0.2) is 48.9 Å². The van der Waals surface area contributed by atoms with Gasteiger partial charge in [0, 0.05) is 14.2 Å². The highest BCUT2D eigenvalue weighted by Crippen LogP contribution is 2.46. The van der Waals surface area contributed by atoms with E-state index < -0.39 is 29.6 Å². The molecular formula is C7H8F6N2O3. The van der Waals surface area contributed by atoms with Crippen molar-refractivity contribution in [1.82, 2.24) is 5.43 Å². The summed E-state index contributed by atoms with van der Waals surface area (Å²) in [7, 11) is 1.04. The summed E-state index contributed by atoms with van der Waals surface area (Å²) in [6.45, 7) is 0. The SMILES string of the molecule is COC1(OC)C(C(F)(F)F)=NNC1(O)C(F)(F)F. The third kappa shape index (κ3) is 1.73. The van der Waals surface area contributed by atoms with Gasteiger partial charge in [-0.05, 0) is 0 Å². The van der Waals surface area contributed by atoms with Crippen molar-refractivity contribution in [3.05, 3.63) is 0 Å². The Kier molecular flexibility index (Phi) is 3.30. The fourth-order valence-electron chi connectivity index (χ4n) is 1.53. The standard InChI is InChI=1S/C7H8F6N2O3/c1-17-4(18-2)3(5(8,9)10)14-15-6(4,16)7(11,12)13/h15-16H,1-2H3. The number of nitrogens with one attached hydrogen (secondary N) is 1. The molecule has 2 N–H and O–H groups in total. The normalized spacial score (nSPS) is 27.9. The Morgan fingerprint density at radius 3 is 1.83 bits per heavy atom. The van der Waals surface area contributed by atoms with E-state index in [2.05, 4.69) is 14.6 Å². The Morgan fingerprint density at radius 1 is 1.11 bits per heavy atom. The number of halogens is 6. The van der Waals surface area contributed by atoms with Crippen molar-refractivity contribution < 1.29 is 40.9 Å². The molecule has 18 heavy (non-hydrogen) atoms. The molecule has 0 saturated carbocycles. The van der Waals surface area contributed by atoms with Crippen LogP contribution in [0, 0.1) is 0 Å². The zero-order valence-corrected chi connectivity index (χ0v) is 8.98. The second kappa shape index (κ2) is 3.96. The summed E-state index contributed by atoms with van der Waals surface area (Å²) >= 11 is 0. The van der Waals surface area contributed by atoms with E-state index >= 15 is 0 Å². The van der Waals surface area contributed by atoms with Gasteiger partial charge in [0.2, 0.25) is 5.71 Å². The average molecular weight is 282 g/mol. The van der Waals surface area contributed by atoms with E-state index in [0.717, 1.165) is 5.43 Å². The lowest BCUT2D eigenvalue weighted by molar-refractivity contribution is -0.367. The van der Waals surface area contributed by atoms with E-state index in [1.165, 1.54) is 0 Å². The predicted molar refractivity (Wildman–Crippen MR) is 44.4 cm³/mol. The molecule has 1 aliphatic rings. The first kappa shape index (κ1) is 15.0. The van der Waals surface area contributed by atoms with Crippen molar-refractivity contribution in [2.45, 2.75) is 23.9 Å². The maximum Gasteiger partial charge on any atom is 0.444 e. The minimum atomic E-state index is -5.52. The first-order valence-electron chi connectivity index (χ1n) is 4.28. The van der Waals surface area contributed by atoms with Crippen LogP contribution in [0.5, 0.6) is 0 Å². The van der Waals surface area contributed by atoms with E-state index in [0.29, 0.717) is 14.2 Å². The zero-order valence-electron chi connectivity index (χ0n) is 8.98. The number of hydrogen-bond donors (Lipinski definition) is 2. The second-order valence-corrected chi connectivity index (χ2v) is 3.30. The van der Waals surface area contributed by atoms with Gasteiger partial charge in [-0.3, -0.25) is 5.43 Å². The maximum absolute atomic E-state index is 12.7. The van der Waals surface area contributed by atoms with Crippen LogP contribution >= 0.6 is 0 Å². The van der Waals surface area contributed by atoms with Crippen LogP contribution in [0.4, 0.5) is 26.3 Å². The number of aliphatic hydroxyl groups is 1. The quantitative estimate of drug-likeness (QED) is 0.579. The lowest BCUT2D eigenvalue weighted by atomic mass is 9.98. The molecule has 11 heteroatoms. The number of hydrogen-bond acceptors (Lipinski definition) is 5. The summed E-state index contributed by atoms with van der Waals surface area (Å²) in [5.41, 5.74) is -5.24. The first-order chi connectivity index (χ1) is 7.96. The van der Waals surface area contributed by atoms with E-state index in [1.54, 1.807) is 0 Å². The van der Waals surface area contributed by atoms with Gasteiger partial charge < -0.3 is 14.6 Å². The van der Waals surface area contributed by atoms with Crippen LogP contribution in [0.3, 0.4) is 0 Å². The molecule has 0 aromatic carbocycles. The number of nitrogens with zero attached hydrogens (tertiary/aromatic N) is 1. The molecule has 1 heterocycles. The monoisotopic (exact) mass is 282 g/mol. The van der Waals surface area contributed by atoms with Gasteiger partial charge in [0.25, 0.3) is 5.79 Å². The van der Waals surface area contributed by atoms with Crippen LogP contribution in [-0.2, 0) is 9.47 Å². The van der Waals surface area contributed by atoms with Crippen molar-refractivity contribution >= 4 is 5.71 Å². The van der Waals surface area contributed by atoms with E-state index in [1.807, 2.05) is 0 Å². The van der Waals surface area contributed by atoms with E-state index in [4.69, 9.17) is 0 Å². The van der Waals surface area contributed by atoms with Crippen molar-refractivity contribution in [3.8, 4) is 0 Å². The molecule has 0 aromatic rings. The molecular weight excluding hydrogens is 274 g/mol. The number of rotatable bonds is 2. The first-order valence-corrected chi connectivity index (χ1v) is 4.28. The molecule has 1 unspecified atom stereocenters. The molecule has 0 radical (unpaired) electrons. The molecule has 106 valence electrons. The van der Waals surface area contributed by atoms with Crippen LogP contribution in [0.1, 0.15) is 0 Å². The van der Waals surface area contributed by atoms with Crippen molar-refractivity contribution in [2.24, 2.45) is 5.10 Å². The van der Waals surface area contributed by atoms with Crippen LogP contribution in [0.25, 0.3) is 0 Å². The van der Waals surface area contributed by atoms with Gasteiger partial charge in [0.1, 0.15) is 0 Å². The topological polar surface area (TPSA) is 63.1 Å². The summed E-state index contributed by atoms with van der Waals surface area (Å²) < 4.78 is 83.9. The average Bonchev–Trinajstić information content (AvgIpc) is 2.51. The molecule has 1 atom stereocenters. The smallest absolute Gasteiger partial charge is 0.358 e. The fraction of sp³-hybridized carbons (Fsp3) is 0.857. The lowest BCUT2D eigenvalue weighted by Gasteiger charge is -2.39. The molecule has 1 aliphatic heterocycles.